The molecule has 0 rings (SSSR count). The van der Waals surface area contributed by atoms with Gasteiger partial charge in [-0.05, 0) is 25.3 Å². The molecular weight excluding hydrogens is 246 g/mol. The molecule has 2 atom stereocenters. The minimum Gasteiger partial charge on any atom is -0.377 e. The third-order valence-electron chi connectivity index (χ3n) is 3.74. The summed E-state index contributed by atoms with van der Waals surface area (Å²) in [5, 5.41) is 0. The van der Waals surface area contributed by atoms with Crippen molar-refractivity contribution in [3.8, 4) is 0 Å². The minimum atomic E-state index is -2.55. The Hall–Kier alpha value is 0.0569. The topological polar surface area (TPSA) is 53.7 Å². The lowest BCUT2D eigenvalue weighted by atomic mass is 9.99. The van der Waals surface area contributed by atoms with Gasteiger partial charge < -0.3 is 19.0 Å². The molecule has 18 heavy (non-hydrogen) atoms. The summed E-state index contributed by atoms with van der Waals surface area (Å²) >= 11 is 0. The van der Waals surface area contributed by atoms with Crippen LogP contribution < -0.4 is 5.73 Å². The van der Waals surface area contributed by atoms with E-state index >= 15 is 0 Å². The second-order valence-electron chi connectivity index (χ2n) is 4.87. The first-order valence-corrected chi connectivity index (χ1v) is 8.77. The molecule has 2 unspecified atom stereocenters. The largest absolute Gasteiger partial charge is 0.503 e. The van der Waals surface area contributed by atoms with Gasteiger partial charge in [-0.3, -0.25) is 0 Å². The Kier molecular flexibility index (Phi) is 9.95. The monoisotopic (exact) mass is 277 g/mol. The standard InChI is InChI=1S/C13H31NO3Si/c1-6-7-8-9-13(12(2)10-11-14)18(15-3,16-4)17-5/h12-13H,6-11,14H2,1-5H3. The Morgan fingerprint density at radius 1 is 1.00 bits per heavy atom. The minimum absolute atomic E-state index is 0.340. The van der Waals surface area contributed by atoms with E-state index < -0.39 is 8.80 Å². The zero-order valence-corrected chi connectivity index (χ0v) is 13.7. The van der Waals surface area contributed by atoms with E-state index in [-0.39, 0.29) is 0 Å². The quantitative estimate of drug-likeness (QED) is 0.466. The van der Waals surface area contributed by atoms with Crippen molar-refractivity contribution < 1.29 is 13.3 Å². The molecule has 0 aromatic rings. The summed E-state index contributed by atoms with van der Waals surface area (Å²) in [5.41, 5.74) is 6.02. The first kappa shape index (κ1) is 18.1. The lowest BCUT2D eigenvalue weighted by Crippen LogP contribution is -2.50. The summed E-state index contributed by atoms with van der Waals surface area (Å²) in [6.07, 6.45) is 5.74. The fourth-order valence-corrected chi connectivity index (χ4v) is 5.42. The Bertz CT molecular complexity index is 192. The van der Waals surface area contributed by atoms with Crippen LogP contribution in [-0.4, -0.2) is 36.7 Å². The maximum absolute atomic E-state index is 5.68. The average molecular weight is 277 g/mol. The van der Waals surface area contributed by atoms with Gasteiger partial charge in [0.05, 0.1) is 0 Å². The molecule has 0 aliphatic rings. The number of nitrogens with two attached hydrogens (primary N) is 1. The molecule has 0 aromatic carbocycles. The van der Waals surface area contributed by atoms with Crippen LogP contribution in [0.5, 0.6) is 0 Å². The maximum atomic E-state index is 5.68. The lowest BCUT2D eigenvalue weighted by Gasteiger charge is -2.36. The zero-order valence-electron chi connectivity index (χ0n) is 12.7. The van der Waals surface area contributed by atoms with Gasteiger partial charge in [0.2, 0.25) is 0 Å². The highest BCUT2D eigenvalue weighted by atomic mass is 28.4. The molecule has 0 amide bonds. The molecule has 5 heteroatoms. The van der Waals surface area contributed by atoms with Gasteiger partial charge in [-0.1, -0.05) is 33.1 Å². The van der Waals surface area contributed by atoms with E-state index in [1.54, 1.807) is 21.3 Å². The molecule has 110 valence electrons. The fraction of sp³-hybridized carbons (Fsp3) is 1.00. The van der Waals surface area contributed by atoms with Crippen LogP contribution in [0.3, 0.4) is 0 Å². The van der Waals surface area contributed by atoms with Crippen molar-refractivity contribution in [3.05, 3.63) is 0 Å². The lowest BCUT2D eigenvalue weighted by molar-refractivity contribution is 0.0992. The number of hydrogen-bond acceptors (Lipinski definition) is 4. The van der Waals surface area contributed by atoms with E-state index in [1.807, 2.05) is 0 Å². The van der Waals surface area contributed by atoms with Crippen molar-refractivity contribution in [3.63, 3.8) is 0 Å². The summed E-state index contributed by atoms with van der Waals surface area (Å²) in [4.78, 5) is 0. The second kappa shape index (κ2) is 9.92. The molecular formula is C13H31NO3Si. The van der Waals surface area contributed by atoms with E-state index in [0.717, 1.165) is 12.8 Å². The van der Waals surface area contributed by atoms with Gasteiger partial charge in [-0.15, -0.1) is 0 Å². The van der Waals surface area contributed by atoms with E-state index in [0.29, 0.717) is 18.0 Å². The number of hydrogen-bond donors (Lipinski definition) is 1. The predicted octanol–water partition coefficient (Wildman–Crippen LogP) is 2.80. The summed E-state index contributed by atoms with van der Waals surface area (Å²) in [6.45, 7) is 5.14. The van der Waals surface area contributed by atoms with Gasteiger partial charge in [0.15, 0.2) is 0 Å². The highest BCUT2D eigenvalue weighted by molar-refractivity contribution is 6.62. The van der Waals surface area contributed by atoms with Crippen LogP contribution in [-0.2, 0) is 13.3 Å². The van der Waals surface area contributed by atoms with Gasteiger partial charge in [0, 0.05) is 26.9 Å². The van der Waals surface area contributed by atoms with Crippen LogP contribution in [0, 0.1) is 5.92 Å². The summed E-state index contributed by atoms with van der Waals surface area (Å²) in [6, 6.07) is 0. The predicted molar refractivity (Wildman–Crippen MR) is 77.5 cm³/mol. The van der Waals surface area contributed by atoms with Crippen LogP contribution in [0.25, 0.3) is 0 Å². The van der Waals surface area contributed by atoms with Crippen LogP contribution in [0.4, 0.5) is 0 Å². The SMILES string of the molecule is CCCCCC(C(C)CCN)[Si](OC)(OC)OC. The van der Waals surface area contributed by atoms with Crippen LogP contribution in [0.2, 0.25) is 5.54 Å². The van der Waals surface area contributed by atoms with Gasteiger partial charge in [0.1, 0.15) is 0 Å². The molecule has 0 aromatic heterocycles. The second-order valence-corrected chi connectivity index (χ2v) is 8.05. The van der Waals surface area contributed by atoms with Crippen molar-refractivity contribution in [2.45, 2.75) is 51.5 Å². The highest BCUT2D eigenvalue weighted by Crippen LogP contribution is 2.37. The van der Waals surface area contributed by atoms with Gasteiger partial charge in [-0.25, -0.2) is 0 Å². The number of rotatable bonds is 11. The molecule has 0 aliphatic carbocycles. The van der Waals surface area contributed by atoms with Crippen molar-refractivity contribution in [2.24, 2.45) is 11.7 Å². The van der Waals surface area contributed by atoms with Crippen molar-refractivity contribution in [1.29, 1.82) is 0 Å². The third kappa shape index (κ3) is 4.97. The van der Waals surface area contributed by atoms with Gasteiger partial charge in [-0.2, -0.15) is 0 Å². The Labute approximate surface area is 114 Å². The van der Waals surface area contributed by atoms with E-state index in [4.69, 9.17) is 19.0 Å². The third-order valence-corrected chi connectivity index (χ3v) is 7.21. The molecule has 0 heterocycles. The Morgan fingerprint density at radius 2 is 1.56 bits per heavy atom. The summed E-state index contributed by atoms with van der Waals surface area (Å²) in [7, 11) is 2.53. The molecule has 0 saturated carbocycles. The smallest absolute Gasteiger partial charge is 0.377 e. The van der Waals surface area contributed by atoms with Crippen LogP contribution in [0.1, 0.15) is 46.0 Å². The molecule has 2 N–H and O–H groups in total. The van der Waals surface area contributed by atoms with Crippen molar-refractivity contribution in [1.82, 2.24) is 0 Å². The molecule has 0 bridgehead atoms. The summed E-state index contributed by atoms with van der Waals surface area (Å²) < 4.78 is 17.0. The Balaban J connectivity index is 4.79. The Morgan fingerprint density at radius 3 is 1.94 bits per heavy atom. The molecule has 0 radical (unpaired) electrons. The maximum Gasteiger partial charge on any atom is 0.503 e. The molecule has 4 nitrogen and oxygen atoms in total. The first-order valence-electron chi connectivity index (χ1n) is 6.97. The van der Waals surface area contributed by atoms with E-state index in [9.17, 15) is 0 Å². The van der Waals surface area contributed by atoms with E-state index in [1.165, 1.54) is 19.3 Å². The molecule has 0 aliphatic heterocycles. The van der Waals surface area contributed by atoms with Crippen molar-refractivity contribution in [2.75, 3.05) is 27.9 Å². The first-order chi connectivity index (χ1) is 8.61. The normalized spacial score (nSPS) is 15.7. The fourth-order valence-electron chi connectivity index (χ4n) is 2.59. The zero-order chi connectivity index (χ0) is 14.0. The van der Waals surface area contributed by atoms with Crippen molar-refractivity contribution >= 4 is 8.80 Å². The van der Waals surface area contributed by atoms with Crippen LogP contribution in [0.15, 0.2) is 0 Å². The van der Waals surface area contributed by atoms with Gasteiger partial charge in [0.25, 0.3) is 0 Å². The van der Waals surface area contributed by atoms with E-state index in [2.05, 4.69) is 13.8 Å². The average Bonchev–Trinajstić information content (AvgIpc) is 2.39. The van der Waals surface area contributed by atoms with Crippen LogP contribution >= 0.6 is 0 Å². The molecule has 0 fully saturated rings. The molecule has 0 spiro atoms. The molecule has 0 saturated heterocycles. The highest BCUT2D eigenvalue weighted by Gasteiger charge is 2.48. The van der Waals surface area contributed by atoms with Gasteiger partial charge >= 0.3 is 8.80 Å². The number of unbranched alkanes of at least 4 members (excludes halogenated alkanes) is 2. The summed E-state index contributed by atoms with van der Waals surface area (Å²) in [5.74, 6) is 0.471.